The second kappa shape index (κ2) is 5.48. The Kier molecular flexibility index (Phi) is 3.76. The average molecular weight is 247 g/mol. The van der Waals surface area contributed by atoms with Crippen LogP contribution in [-0.2, 0) is 24.4 Å². The Bertz CT molecular complexity index is 528. The highest BCUT2D eigenvalue weighted by atomic mass is 16.2. The van der Waals surface area contributed by atoms with Crippen LogP contribution in [-0.4, -0.2) is 25.5 Å². The number of hydrogen-bond donors (Lipinski definition) is 1. The molecule has 0 saturated carbocycles. The minimum atomic E-state index is -0.0500. The van der Waals surface area contributed by atoms with Crippen molar-refractivity contribution in [1.82, 2.24) is 24.9 Å². The summed E-state index contributed by atoms with van der Waals surface area (Å²) in [6.45, 7) is 5.53. The third-order valence-electron chi connectivity index (χ3n) is 2.72. The molecule has 0 unspecified atom stereocenters. The van der Waals surface area contributed by atoms with E-state index < -0.39 is 0 Å². The normalized spacial score (nSPS) is 10.6. The molecule has 0 saturated heterocycles. The van der Waals surface area contributed by atoms with Gasteiger partial charge in [-0.2, -0.15) is 10.2 Å². The molecule has 6 nitrogen and oxygen atoms in total. The number of aromatic nitrogens is 4. The number of amides is 1. The minimum Gasteiger partial charge on any atom is -0.350 e. The molecular formula is C12H17N5O. The molecule has 0 fully saturated rings. The second-order valence-corrected chi connectivity index (χ2v) is 4.11. The zero-order valence-electron chi connectivity index (χ0n) is 10.6. The van der Waals surface area contributed by atoms with Crippen LogP contribution in [0.25, 0.3) is 0 Å². The smallest absolute Gasteiger partial charge is 0.242 e. The predicted octanol–water partition coefficient (Wildman–Crippen LogP) is 0.724. The third-order valence-corrected chi connectivity index (χ3v) is 2.72. The minimum absolute atomic E-state index is 0.0500. The molecule has 2 aromatic rings. The van der Waals surface area contributed by atoms with E-state index in [1.165, 1.54) is 0 Å². The molecule has 96 valence electrons. The summed E-state index contributed by atoms with van der Waals surface area (Å²) in [6.07, 6.45) is 5.39. The number of hydrogen-bond acceptors (Lipinski definition) is 3. The summed E-state index contributed by atoms with van der Waals surface area (Å²) in [5, 5.41) is 11.1. The van der Waals surface area contributed by atoms with E-state index in [-0.39, 0.29) is 12.5 Å². The van der Waals surface area contributed by atoms with Gasteiger partial charge in [0.2, 0.25) is 5.91 Å². The first kappa shape index (κ1) is 12.3. The van der Waals surface area contributed by atoms with Gasteiger partial charge in [-0.1, -0.05) is 0 Å². The molecule has 0 aliphatic carbocycles. The van der Waals surface area contributed by atoms with Gasteiger partial charge in [0.1, 0.15) is 6.54 Å². The summed E-state index contributed by atoms with van der Waals surface area (Å²) in [5.41, 5.74) is 1.98. The zero-order chi connectivity index (χ0) is 13.0. The van der Waals surface area contributed by atoms with Gasteiger partial charge in [-0.25, -0.2) is 0 Å². The number of rotatable bonds is 5. The van der Waals surface area contributed by atoms with Crippen LogP contribution in [0, 0.1) is 6.92 Å². The molecular weight excluding hydrogens is 230 g/mol. The summed E-state index contributed by atoms with van der Waals surface area (Å²) >= 11 is 0. The maximum absolute atomic E-state index is 11.7. The summed E-state index contributed by atoms with van der Waals surface area (Å²) in [6, 6.07) is 1.87. The Morgan fingerprint density at radius 1 is 1.44 bits per heavy atom. The monoisotopic (exact) mass is 247 g/mol. The van der Waals surface area contributed by atoms with Crippen LogP contribution >= 0.6 is 0 Å². The van der Waals surface area contributed by atoms with Crippen molar-refractivity contribution in [2.75, 3.05) is 0 Å². The Balaban J connectivity index is 1.83. The fraction of sp³-hybridized carbons (Fsp3) is 0.417. The van der Waals surface area contributed by atoms with Crippen LogP contribution < -0.4 is 5.32 Å². The highest BCUT2D eigenvalue weighted by molar-refractivity contribution is 5.75. The summed E-state index contributed by atoms with van der Waals surface area (Å²) in [7, 11) is 0. The molecule has 1 N–H and O–H groups in total. The van der Waals surface area contributed by atoms with Crippen LogP contribution in [0.3, 0.4) is 0 Å². The fourth-order valence-corrected chi connectivity index (χ4v) is 1.63. The molecule has 0 radical (unpaired) electrons. The molecule has 2 aromatic heterocycles. The van der Waals surface area contributed by atoms with Crippen LogP contribution in [0.5, 0.6) is 0 Å². The molecule has 18 heavy (non-hydrogen) atoms. The van der Waals surface area contributed by atoms with E-state index in [0.717, 1.165) is 17.8 Å². The predicted molar refractivity (Wildman–Crippen MR) is 66.7 cm³/mol. The first-order chi connectivity index (χ1) is 8.69. The van der Waals surface area contributed by atoms with Gasteiger partial charge in [0.05, 0.1) is 6.20 Å². The van der Waals surface area contributed by atoms with Crippen molar-refractivity contribution in [3.8, 4) is 0 Å². The Hall–Kier alpha value is -2.11. The van der Waals surface area contributed by atoms with Crippen LogP contribution in [0.15, 0.2) is 24.7 Å². The lowest BCUT2D eigenvalue weighted by atomic mass is 10.3. The Morgan fingerprint density at radius 3 is 2.89 bits per heavy atom. The number of nitrogens with one attached hydrogen (secondary N) is 1. The van der Waals surface area contributed by atoms with Crippen molar-refractivity contribution >= 4 is 5.91 Å². The summed E-state index contributed by atoms with van der Waals surface area (Å²) < 4.78 is 3.50. The summed E-state index contributed by atoms with van der Waals surface area (Å²) in [5.74, 6) is -0.0500. The molecule has 1 amide bonds. The highest BCUT2D eigenvalue weighted by Gasteiger charge is 2.05. The van der Waals surface area contributed by atoms with Gasteiger partial charge in [0.15, 0.2) is 0 Å². The van der Waals surface area contributed by atoms with Gasteiger partial charge in [0, 0.05) is 36.7 Å². The van der Waals surface area contributed by atoms with E-state index >= 15 is 0 Å². The Morgan fingerprint density at radius 2 is 2.28 bits per heavy atom. The number of aryl methyl sites for hydroxylation is 2. The van der Waals surface area contributed by atoms with E-state index in [1.807, 2.05) is 30.8 Å². The van der Waals surface area contributed by atoms with Crippen molar-refractivity contribution in [1.29, 1.82) is 0 Å². The van der Waals surface area contributed by atoms with Crippen molar-refractivity contribution in [2.24, 2.45) is 0 Å². The van der Waals surface area contributed by atoms with E-state index in [9.17, 15) is 4.79 Å². The zero-order valence-corrected chi connectivity index (χ0v) is 10.6. The maximum atomic E-state index is 11.7. The van der Waals surface area contributed by atoms with Gasteiger partial charge >= 0.3 is 0 Å². The summed E-state index contributed by atoms with van der Waals surface area (Å²) in [4.78, 5) is 11.7. The standard InChI is InChI=1S/C12H17N5O/c1-3-16-8-11(7-15-16)6-13-12(18)9-17-10(2)4-5-14-17/h4-5,7-8H,3,6,9H2,1-2H3,(H,13,18). The van der Waals surface area contributed by atoms with Gasteiger partial charge in [-0.15, -0.1) is 0 Å². The van der Waals surface area contributed by atoms with E-state index in [0.29, 0.717) is 6.54 Å². The molecule has 2 heterocycles. The van der Waals surface area contributed by atoms with Crippen molar-refractivity contribution in [2.45, 2.75) is 33.5 Å². The fourth-order valence-electron chi connectivity index (χ4n) is 1.63. The van der Waals surface area contributed by atoms with Crippen molar-refractivity contribution < 1.29 is 4.79 Å². The topological polar surface area (TPSA) is 64.7 Å². The van der Waals surface area contributed by atoms with Crippen molar-refractivity contribution in [3.63, 3.8) is 0 Å². The first-order valence-electron chi connectivity index (χ1n) is 5.95. The van der Waals surface area contributed by atoms with Gasteiger partial charge in [-0.05, 0) is 19.9 Å². The second-order valence-electron chi connectivity index (χ2n) is 4.11. The van der Waals surface area contributed by atoms with Gasteiger partial charge in [-0.3, -0.25) is 14.2 Å². The van der Waals surface area contributed by atoms with Crippen LogP contribution in [0.2, 0.25) is 0 Å². The third kappa shape index (κ3) is 2.97. The number of carbonyl (C=O) groups excluding carboxylic acids is 1. The lowest BCUT2D eigenvalue weighted by Gasteiger charge is -2.05. The number of nitrogens with zero attached hydrogens (tertiary/aromatic N) is 4. The molecule has 2 rings (SSSR count). The van der Waals surface area contributed by atoms with Crippen molar-refractivity contribution in [3.05, 3.63) is 35.9 Å². The lowest BCUT2D eigenvalue weighted by molar-refractivity contribution is -0.122. The maximum Gasteiger partial charge on any atom is 0.242 e. The van der Waals surface area contributed by atoms with Crippen LogP contribution in [0.4, 0.5) is 0 Å². The van der Waals surface area contributed by atoms with E-state index in [1.54, 1.807) is 17.1 Å². The van der Waals surface area contributed by atoms with Gasteiger partial charge < -0.3 is 5.32 Å². The average Bonchev–Trinajstić information content (AvgIpc) is 2.97. The molecule has 0 atom stereocenters. The molecule has 0 spiro atoms. The van der Waals surface area contributed by atoms with Crippen LogP contribution in [0.1, 0.15) is 18.2 Å². The molecule has 0 aliphatic rings. The molecule has 0 aliphatic heterocycles. The molecule has 0 bridgehead atoms. The SMILES string of the molecule is CCn1cc(CNC(=O)Cn2nccc2C)cn1. The van der Waals surface area contributed by atoms with E-state index in [4.69, 9.17) is 0 Å². The van der Waals surface area contributed by atoms with E-state index in [2.05, 4.69) is 15.5 Å². The largest absolute Gasteiger partial charge is 0.350 e. The highest BCUT2D eigenvalue weighted by Crippen LogP contribution is 1.98. The van der Waals surface area contributed by atoms with Gasteiger partial charge in [0.25, 0.3) is 0 Å². The quantitative estimate of drug-likeness (QED) is 0.847. The Labute approximate surface area is 106 Å². The number of carbonyl (C=O) groups is 1. The molecule has 6 heteroatoms. The first-order valence-corrected chi connectivity index (χ1v) is 5.95. The molecule has 0 aromatic carbocycles. The lowest BCUT2D eigenvalue weighted by Crippen LogP contribution is -2.27.